The third-order valence-corrected chi connectivity index (χ3v) is 6.67. The fourth-order valence-corrected chi connectivity index (χ4v) is 4.09. The Morgan fingerprint density at radius 1 is 1.22 bits per heavy atom. The lowest BCUT2D eigenvalue weighted by Gasteiger charge is -2.40. The summed E-state index contributed by atoms with van der Waals surface area (Å²) < 4.78 is 23.2. The van der Waals surface area contributed by atoms with Crippen LogP contribution in [0.25, 0.3) is 0 Å². The quantitative estimate of drug-likeness (QED) is 0.737. The third kappa shape index (κ3) is 4.73. The zero-order valence-corrected chi connectivity index (χ0v) is 13.6. The molecular weight excluding hydrogens is 268 g/mol. The fourth-order valence-electron chi connectivity index (χ4n) is 2.79. The first-order valence-corrected chi connectivity index (χ1v) is 9.26. The van der Waals surface area contributed by atoms with E-state index in [1.165, 1.54) is 6.42 Å². The Kier molecular flexibility index (Phi) is 5.55. The number of hydrogen-bond acceptors (Lipinski definition) is 2. The minimum atomic E-state index is -2.85. The van der Waals surface area contributed by atoms with Gasteiger partial charge in [0.15, 0.2) is 0 Å². The molecule has 1 rings (SSSR count). The summed E-state index contributed by atoms with van der Waals surface area (Å²) in [5.41, 5.74) is 0.304. The second-order valence-electron chi connectivity index (χ2n) is 6.68. The van der Waals surface area contributed by atoms with Crippen LogP contribution < -0.4 is 0 Å². The Balaban J connectivity index is 2.58. The molecule has 0 aromatic carbocycles. The van der Waals surface area contributed by atoms with Crippen molar-refractivity contribution in [3.05, 3.63) is 0 Å². The first kappa shape index (κ1) is 16.3. The van der Waals surface area contributed by atoms with Gasteiger partial charge in [-0.3, -0.25) is 0 Å². The molecule has 3 atom stereocenters. The summed E-state index contributed by atoms with van der Waals surface area (Å²) >= 11 is 6.38. The first-order valence-electron chi connectivity index (χ1n) is 7.00. The Morgan fingerprint density at radius 2 is 1.83 bits per heavy atom. The van der Waals surface area contributed by atoms with Crippen LogP contribution in [0.4, 0.5) is 0 Å². The van der Waals surface area contributed by atoms with E-state index in [-0.39, 0.29) is 11.1 Å². The zero-order chi connectivity index (χ0) is 14.0. The molecule has 1 saturated carbocycles. The largest absolute Gasteiger partial charge is 0.229 e. The van der Waals surface area contributed by atoms with Gasteiger partial charge >= 0.3 is 0 Å². The second-order valence-corrected chi connectivity index (χ2v) is 9.71. The van der Waals surface area contributed by atoms with Gasteiger partial charge in [0.05, 0.1) is 5.75 Å². The van der Waals surface area contributed by atoms with E-state index in [0.717, 1.165) is 19.3 Å². The minimum Gasteiger partial charge on any atom is -0.229 e. The van der Waals surface area contributed by atoms with Crippen LogP contribution in [0.2, 0.25) is 0 Å². The van der Waals surface area contributed by atoms with Crippen LogP contribution in [0.15, 0.2) is 0 Å². The van der Waals surface area contributed by atoms with Crippen molar-refractivity contribution in [2.75, 3.05) is 11.5 Å². The standard InChI is InChI=1S/C14H27ClO2S/c1-5-18(16,17)9-8-11-10-12(14(2,3)4)6-7-13(11)15/h11-13H,5-10H2,1-4H3. The molecule has 0 aromatic rings. The van der Waals surface area contributed by atoms with E-state index in [2.05, 4.69) is 20.8 Å². The maximum atomic E-state index is 11.6. The molecule has 0 amide bonds. The molecular formula is C14H27ClO2S. The number of rotatable bonds is 4. The number of sulfone groups is 1. The molecule has 108 valence electrons. The van der Waals surface area contributed by atoms with E-state index in [0.29, 0.717) is 23.0 Å². The van der Waals surface area contributed by atoms with Crippen LogP contribution >= 0.6 is 11.6 Å². The van der Waals surface area contributed by atoms with Crippen molar-refractivity contribution in [1.29, 1.82) is 0 Å². The van der Waals surface area contributed by atoms with Crippen molar-refractivity contribution in [1.82, 2.24) is 0 Å². The van der Waals surface area contributed by atoms with Crippen LogP contribution in [0.3, 0.4) is 0 Å². The van der Waals surface area contributed by atoms with Crippen LogP contribution in [-0.2, 0) is 9.84 Å². The molecule has 0 bridgehead atoms. The highest BCUT2D eigenvalue weighted by molar-refractivity contribution is 7.91. The van der Waals surface area contributed by atoms with Gasteiger partial charge in [-0.1, -0.05) is 27.7 Å². The molecule has 0 saturated heterocycles. The molecule has 0 heterocycles. The molecule has 2 nitrogen and oxygen atoms in total. The predicted octanol–water partition coefficient (Wildman–Crippen LogP) is 3.88. The van der Waals surface area contributed by atoms with Crippen LogP contribution in [-0.4, -0.2) is 25.3 Å². The molecule has 0 aliphatic heterocycles. The zero-order valence-electron chi connectivity index (χ0n) is 12.1. The molecule has 1 aliphatic rings. The van der Waals surface area contributed by atoms with Crippen molar-refractivity contribution in [3.63, 3.8) is 0 Å². The van der Waals surface area contributed by atoms with Crippen molar-refractivity contribution < 1.29 is 8.42 Å². The summed E-state index contributed by atoms with van der Waals surface area (Å²) in [6, 6.07) is 0. The molecule has 0 radical (unpaired) electrons. The first-order chi connectivity index (χ1) is 8.15. The minimum absolute atomic E-state index is 0.163. The highest BCUT2D eigenvalue weighted by Crippen LogP contribution is 2.43. The second kappa shape index (κ2) is 6.13. The average molecular weight is 295 g/mol. The summed E-state index contributed by atoms with van der Waals surface area (Å²) in [7, 11) is -2.85. The summed E-state index contributed by atoms with van der Waals surface area (Å²) in [5.74, 6) is 1.58. The van der Waals surface area contributed by atoms with E-state index >= 15 is 0 Å². The Bertz CT molecular complexity index is 356. The maximum absolute atomic E-state index is 11.6. The maximum Gasteiger partial charge on any atom is 0.150 e. The van der Waals surface area contributed by atoms with Crippen LogP contribution in [0.5, 0.6) is 0 Å². The fraction of sp³-hybridized carbons (Fsp3) is 1.00. The third-order valence-electron chi connectivity index (χ3n) is 4.35. The molecule has 1 aliphatic carbocycles. The van der Waals surface area contributed by atoms with Gasteiger partial charge in [-0.15, -0.1) is 11.6 Å². The molecule has 0 spiro atoms. The van der Waals surface area contributed by atoms with Crippen LogP contribution in [0, 0.1) is 17.3 Å². The lowest BCUT2D eigenvalue weighted by molar-refractivity contribution is 0.142. The summed E-state index contributed by atoms with van der Waals surface area (Å²) in [5, 5.41) is 0.163. The molecule has 4 heteroatoms. The summed E-state index contributed by atoms with van der Waals surface area (Å²) in [4.78, 5) is 0. The lowest BCUT2D eigenvalue weighted by Crippen LogP contribution is -2.33. The number of halogens is 1. The molecule has 1 fully saturated rings. The highest BCUT2D eigenvalue weighted by atomic mass is 35.5. The lowest BCUT2D eigenvalue weighted by atomic mass is 9.68. The Hall–Kier alpha value is 0.240. The van der Waals surface area contributed by atoms with E-state index in [9.17, 15) is 8.42 Å². The highest BCUT2D eigenvalue weighted by Gasteiger charge is 2.35. The van der Waals surface area contributed by atoms with Gasteiger partial charge in [0.25, 0.3) is 0 Å². The van der Waals surface area contributed by atoms with Crippen molar-refractivity contribution in [3.8, 4) is 0 Å². The van der Waals surface area contributed by atoms with E-state index in [1.807, 2.05) is 0 Å². The SMILES string of the molecule is CCS(=O)(=O)CCC1CC(C(C)(C)C)CCC1Cl. The Labute approximate surface area is 117 Å². The van der Waals surface area contributed by atoms with Gasteiger partial charge in [-0.2, -0.15) is 0 Å². The van der Waals surface area contributed by atoms with Crippen molar-refractivity contribution in [2.45, 2.75) is 58.8 Å². The Morgan fingerprint density at radius 3 is 2.33 bits per heavy atom. The van der Waals surface area contributed by atoms with E-state index < -0.39 is 9.84 Å². The average Bonchev–Trinajstić information content (AvgIpc) is 2.26. The predicted molar refractivity (Wildman–Crippen MR) is 78.9 cm³/mol. The molecule has 18 heavy (non-hydrogen) atoms. The molecule has 0 N–H and O–H groups in total. The van der Waals surface area contributed by atoms with E-state index in [1.54, 1.807) is 6.92 Å². The van der Waals surface area contributed by atoms with Crippen molar-refractivity contribution in [2.24, 2.45) is 17.3 Å². The van der Waals surface area contributed by atoms with Gasteiger partial charge in [0.1, 0.15) is 9.84 Å². The number of hydrogen-bond donors (Lipinski definition) is 0. The van der Waals surface area contributed by atoms with Gasteiger partial charge in [-0.05, 0) is 42.9 Å². The summed E-state index contributed by atoms with van der Waals surface area (Å²) in [6.45, 7) is 8.52. The molecule has 0 aromatic heterocycles. The van der Waals surface area contributed by atoms with E-state index in [4.69, 9.17) is 11.6 Å². The monoisotopic (exact) mass is 294 g/mol. The normalized spacial score (nSPS) is 30.4. The smallest absolute Gasteiger partial charge is 0.150 e. The van der Waals surface area contributed by atoms with Crippen LogP contribution in [0.1, 0.15) is 53.4 Å². The van der Waals surface area contributed by atoms with Gasteiger partial charge in [-0.25, -0.2) is 8.42 Å². The van der Waals surface area contributed by atoms with Crippen molar-refractivity contribution >= 4 is 21.4 Å². The van der Waals surface area contributed by atoms with Gasteiger partial charge in [0.2, 0.25) is 0 Å². The molecule has 3 unspecified atom stereocenters. The van der Waals surface area contributed by atoms with Gasteiger partial charge < -0.3 is 0 Å². The topological polar surface area (TPSA) is 34.1 Å². The number of alkyl halides is 1. The van der Waals surface area contributed by atoms with Gasteiger partial charge in [0, 0.05) is 11.1 Å². The summed E-state index contributed by atoms with van der Waals surface area (Å²) in [6.07, 6.45) is 4.02.